The van der Waals surface area contributed by atoms with Crippen molar-refractivity contribution in [2.45, 2.75) is 13.5 Å². The Bertz CT molecular complexity index is 1090. The van der Waals surface area contributed by atoms with Crippen LogP contribution in [0.3, 0.4) is 0 Å². The number of nitrogens with zero attached hydrogens (tertiary/aromatic N) is 2. The lowest BCUT2D eigenvalue weighted by atomic mass is 10.1. The molecule has 30 heavy (non-hydrogen) atoms. The molecule has 1 aliphatic rings. The molecule has 1 heterocycles. The van der Waals surface area contributed by atoms with E-state index in [0.29, 0.717) is 27.4 Å². The van der Waals surface area contributed by atoms with Gasteiger partial charge in [0.25, 0.3) is 11.1 Å². The first-order valence-corrected chi connectivity index (χ1v) is 10.1. The Kier molecular flexibility index (Phi) is 6.55. The first kappa shape index (κ1) is 21.9. The molecular weight excluding hydrogens is 455 g/mol. The van der Waals surface area contributed by atoms with Crippen molar-refractivity contribution < 1.29 is 24.4 Å². The van der Waals surface area contributed by atoms with Gasteiger partial charge < -0.3 is 9.84 Å². The van der Waals surface area contributed by atoms with Gasteiger partial charge in [-0.3, -0.25) is 24.6 Å². The van der Waals surface area contributed by atoms with Gasteiger partial charge in [0.2, 0.25) is 5.75 Å². The summed E-state index contributed by atoms with van der Waals surface area (Å²) in [6.45, 7) is 1.83. The van der Waals surface area contributed by atoms with E-state index < -0.39 is 27.5 Å². The average Bonchev–Trinajstić information content (AvgIpc) is 2.94. The molecule has 3 rings (SSSR count). The molecule has 2 aromatic rings. The van der Waals surface area contributed by atoms with Gasteiger partial charge in [-0.2, -0.15) is 0 Å². The second-order valence-electron chi connectivity index (χ2n) is 6.09. The predicted molar refractivity (Wildman–Crippen MR) is 114 cm³/mol. The minimum atomic E-state index is -0.759. The number of carbonyl (C=O) groups is 2. The maximum absolute atomic E-state index is 12.7. The first-order valence-electron chi connectivity index (χ1n) is 8.54. The van der Waals surface area contributed by atoms with E-state index in [0.717, 1.165) is 11.0 Å². The summed E-state index contributed by atoms with van der Waals surface area (Å²) in [6, 6.07) is 7.25. The number of phenols is 1. The Balaban J connectivity index is 1.91. The number of imide groups is 1. The molecule has 1 fully saturated rings. The van der Waals surface area contributed by atoms with Gasteiger partial charge in [0, 0.05) is 6.07 Å². The van der Waals surface area contributed by atoms with E-state index in [9.17, 15) is 24.8 Å². The molecule has 0 radical (unpaired) electrons. The zero-order valence-electron chi connectivity index (χ0n) is 15.4. The molecule has 0 atom stereocenters. The normalized spacial score (nSPS) is 15.2. The van der Waals surface area contributed by atoms with Crippen LogP contribution in [0, 0.1) is 10.1 Å². The Morgan fingerprint density at radius 3 is 2.60 bits per heavy atom. The van der Waals surface area contributed by atoms with Crippen molar-refractivity contribution >= 4 is 57.9 Å². The fourth-order valence-electron chi connectivity index (χ4n) is 2.71. The van der Waals surface area contributed by atoms with Gasteiger partial charge in [0.1, 0.15) is 0 Å². The van der Waals surface area contributed by atoms with E-state index in [1.54, 1.807) is 25.1 Å². The smallest absolute Gasteiger partial charge is 0.315 e. The second kappa shape index (κ2) is 8.95. The van der Waals surface area contributed by atoms with E-state index in [-0.39, 0.29) is 29.4 Å². The van der Waals surface area contributed by atoms with E-state index >= 15 is 0 Å². The van der Waals surface area contributed by atoms with Crippen LogP contribution in [-0.4, -0.2) is 32.7 Å². The molecule has 2 amide bonds. The van der Waals surface area contributed by atoms with Crippen LogP contribution in [0.15, 0.2) is 35.2 Å². The summed E-state index contributed by atoms with van der Waals surface area (Å²) in [7, 11) is 0. The number of nitro groups is 1. The molecule has 0 aromatic heterocycles. The van der Waals surface area contributed by atoms with Gasteiger partial charge in [0.15, 0.2) is 5.75 Å². The Labute approximate surface area is 185 Å². The van der Waals surface area contributed by atoms with Crippen LogP contribution >= 0.6 is 35.0 Å². The molecule has 0 spiro atoms. The van der Waals surface area contributed by atoms with Crippen LogP contribution in [-0.2, 0) is 11.3 Å². The zero-order chi connectivity index (χ0) is 22.0. The van der Waals surface area contributed by atoms with Crippen LogP contribution in [0.1, 0.15) is 18.1 Å². The van der Waals surface area contributed by atoms with Gasteiger partial charge in [0.05, 0.1) is 33.0 Å². The fraction of sp³-hybridized carbons (Fsp3) is 0.158. The van der Waals surface area contributed by atoms with E-state index in [2.05, 4.69) is 0 Å². The SMILES string of the molecule is CCOc1cc(/C=C2\SC(=O)N(Cc3ccc(Cl)c(Cl)c3)C2=O)cc([N+](=O)[O-])c1O. The largest absolute Gasteiger partial charge is 0.500 e. The summed E-state index contributed by atoms with van der Waals surface area (Å²) in [6.07, 6.45) is 1.34. The van der Waals surface area contributed by atoms with Crippen molar-refractivity contribution in [3.63, 3.8) is 0 Å². The summed E-state index contributed by atoms with van der Waals surface area (Å²) >= 11 is 12.6. The second-order valence-corrected chi connectivity index (χ2v) is 7.90. The zero-order valence-corrected chi connectivity index (χ0v) is 17.8. The third-order valence-electron chi connectivity index (χ3n) is 4.07. The third kappa shape index (κ3) is 4.53. The summed E-state index contributed by atoms with van der Waals surface area (Å²) in [5, 5.41) is 21.3. The van der Waals surface area contributed by atoms with Crippen molar-refractivity contribution in [2.75, 3.05) is 6.61 Å². The predicted octanol–water partition coefficient (Wildman–Crippen LogP) is 5.24. The molecule has 156 valence electrons. The number of benzene rings is 2. The van der Waals surface area contributed by atoms with Crippen LogP contribution < -0.4 is 4.74 Å². The molecular formula is C19H14Cl2N2O6S. The maximum atomic E-state index is 12.7. The van der Waals surface area contributed by atoms with Crippen molar-refractivity contribution in [1.29, 1.82) is 0 Å². The third-order valence-corrected chi connectivity index (χ3v) is 5.72. The van der Waals surface area contributed by atoms with Gasteiger partial charge in [-0.1, -0.05) is 29.3 Å². The summed E-state index contributed by atoms with van der Waals surface area (Å²) < 4.78 is 5.23. The van der Waals surface area contributed by atoms with Crippen molar-refractivity contribution in [3.05, 3.63) is 66.5 Å². The number of phenolic OH excluding ortho intramolecular Hbond substituents is 1. The number of aromatic hydroxyl groups is 1. The van der Waals surface area contributed by atoms with Crippen molar-refractivity contribution in [2.24, 2.45) is 0 Å². The molecule has 0 unspecified atom stereocenters. The van der Waals surface area contributed by atoms with Crippen molar-refractivity contribution in [1.82, 2.24) is 4.90 Å². The number of amides is 2. The molecule has 11 heteroatoms. The lowest BCUT2D eigenvalue weighted by molar-refractivity contribution is -0.386. The van der Waals surface area contributed by atoms with Crippen molar-refractivity contribution in [3.8, 4) is 11.5 Å². The van der Waals surface area contributed by atoms with Gasteiger partial charge >= 0.3 is 5.69 Å². The topological polar surface area (TPSA) is 110 Å². The van der Waals surface area contributed by atoms with E-state index in [1.807, 2.05) is 0 Å². The highest BCUT2D eigenvalue weighted by atomic mass is 35.5. The minimum absolute atomic E-state index is 0.00117. The molecule has 1 saturated heterocycles. The van der Waals surface area contributed by atoms with Gasteiger partial charge in [-0.25, -0.2) is 0 Å². The van der Waals surface area contributed by atoms with E-state index in [4.69, 9.17) is 27.9 Å². The number of halogens is 2. The standard InChI is InChI=1S/C19H14Cl2N2O6S/c1-2-29-15-7-11(6-14(17(15)24)23(27)28)8-16-18(25)22(19(26)30-16)9-10-3-4-12(20)13(21)5-10/h3-8,24H,2,9H2,1H3/b16-8-. The monoisotopic (exact) mass is 468 g/mol. The van der Waals surface area contributed by atoms with Gasteiger partial charge in [-0.15, -0.1) is 0 Å². The van der Waals surface area contributed by atoms with Gasteiger partial charge in [-0.05, 0) is 54.1 Å². The summed E-state index contributed by atoms with van der Waals surface area (Å²) in [5.74, 6) is -1.25. The number of thioether (sulfide) groups is 1. The highest BCUT2D eigenvalue weighted by Gasteiger charge is 2.35. The average molecular weight is 469 g/mol. The Morgan fingerprint density at radius 1 is 1.23 bits per heavy atom. The number of ether oxygens (including phenoxy) is 1. The van der Waals surface area contributed by atoms with Crippen LogP contribution in [0.25, 0.3) is 6.08 Å². The summed E-state index contributed by atoms with van der Waals surface area (Å²) in [5.41, 5.74) is 0.289. The molecule has 0 bridgehead atoms. The number of carbonyl (C=O) groups excluding carboxylic acids is 2. The number of nitro benzene ring substituents is 1. The fourth-order valence-corrected chi connectivity index (χ4v) is 3.87. The molecule has 2 aromatic carbocycles. The van der Waals surface area contributed by atoms with Crippen LogP contribution in [0.2, 0.25) is 10.0 Å². The number of hydrogen-bond acceptors (Lipinski definition) is 7. The first-order chi connectivity index (χ1) is 14.2. The summed E-state index contributed by atoms with van der Waals surface area (Å²) in [4.78, 5) is 36.6. The lowest BCUT2D eigenvalue weighted by Crippen LogP contribution is -2.27. The van der Waals surface area contributed by atoms with Crippen LogP contribution in [0.4, 0.5) is 10.5 Å². The number of rotatable bonds is 6. The Hall–Kier alpha value is -2.75. The minimum Gasteiger partial charge on any atom is -0.500 e. The highest BCUT2D eigenvalue weighted by Crippen LogP contribution is 2.40. The molecule has 1 aliphatic heterocycles. The molecule has 0 aliphatic carbocycles. The number of hydrogen-bond donors (Lipinski definition) is 1. The molecule has 1 N–H and O–H groups in total. The quantitative estimate of drug-likeness (QED) is 0.350. The van der Waals surface area contributed by atoms with E-state index in [1.165, 1.54) is 12.1 Å². The molecule has 8 nitrogen and oxygen atoms in total. The van der Waals surface area contributed by atoms with Crippen LogP contribution in [0.5, 0.6) is 11.5 Å². The highest BCUT2D eigenvalue weighted by molar-refractivity contribution is 8.18. The molecule has 0 saturated carbocycles. The lowest BCUT2D eigenvalue weighted by Gasteiger charge is -2.13. The maximum Gasteiger partial charge on any atom is 0.315 e. The Morgan fingerprint density at radius 2 is 1.97 bits per heavy atom.